The van der Waals surface area contributed by atoms with Gasteiger partial charge in [0.25, 0.3) is 15.9 Å². The maximum Gasteiger partial charge on any atom is 0.263 e. The van der Waals surface area contributed by atoms with Gasteiger partial charge in [-0.25, -0.2) is 8.42 Å². The zero-order chi connectivity index (χ0) is 21.7. The van der Waals surface area contributed by atoms with Gasteiger partial charge in [0.15, 0.2) is 0 Å². The number of aryl methyl sites for hydroxylation is 2. The number of anilines is 1. The molecule has 2 N–H and O–H groups in total. The molecule has 3 aromatic rings. The number of hydrogen-bond donors (Lipinski definition) is 2. The number of nitrogens with one attached hydrogen (secondary N) is 2. The Bertz CT molecular complexity index is 1150. The van der Waals surface area contributed by atoms with E-state index < -0.39 is 10.0 Å². The van der Waals surface area contributed by atoms with E-state index in [1.165, 1.54) is 30.3 Å². The molecule has 0 bridgehead atoms. The summed E-state index contributed by atoms with van der Waals surface area (Å²) in [6.07, 6.45) is 4.38. The molecule has 0 saturated carbocycles. The van der Waals surface area contributed by atoms with Crippen LogP contribution >= 0.6 is 23.2 Å². The smallest absolute Gasteiger partial charge is 0.263 e. The number of sulfonamides is 1. The standard InChI is InChI=1S/C20H20Cl2N4O3S/c1-14-12-24-26(13-14)10-2-9-23-20(27)15-3-8-18(22)19(11-15)30(28,29)25-17-6-4-16(21)5-7-17/h3-8,11-13,25H,2,9-10H2,1H3,(H,23,27). The number of carbonyl (C=O) groups excluding carboxylic acids is 1. The van der Waals surface area contributed by atoms with E-state index in [2.05, 4.69) is 15.1 Å². The van der Waals surface area contributed by atoms with Crippen molar-refractivity contribution in [2.24, 2.45) is 0 Å². The van der Waals surface area contributed by atoms with Crippen LogP contribution in [0.1, 0.15) is 22.3 Å². The average Bonchev–Trinajstić information content (AvgIpc) is 3.12. The lowest BCUT2D eigenvalue weighted by atomic mass is 10.2. The molecular weight excluding hydrogens is 447 g/mol. The minimum Gasteiger partial charge on any atom is -0.352 e. The molecule has 0 aliphatic heterocycles. The molecule has 0 radical (unpaired) electrons. The third-order valence-electron chi connectivity index (χ3n) is 4.19. The van der Waals surface area contributed by atoms with Gasteiger partial charge < -0.3 is 5.32 Å². The first kappa shape index (κ1) is 22.1. The van der Waals surface area contributed by atoms with Crippen molar-refractivity contribution in [1.29, 1.82) is 0 Å². The van der Waals surface area contributed by atoms with Crippen LogP contribution in [-0.4, -0.2) is 30.7 Å². The highest BCUT2D eigenvalue weighted by Gasteiger charge is 2.20. The van der Waals surface area contributed by atoms with E-state index in [1.807, 2.05) is 13.1 Å². The van der Waals surface area contributed by atoms with Crippen LogP contribution in [0.2, 0.25) is 10.0 Å². The number of aromatic nitrogens is 2. The Labute approximate surface area is 185 Å². The van der Waals surface area contributed by atoms with Gasteiger partial charge in [0.2, 0.25) is 0 Å². The first-order valence-corrected chi connectivity index (χ1v) is 11.3. The van der Waals surface area contributed by atoms with Gasteiger partial charge in [0, 0.05) is 35.6 Å². The maximum absolute atomic E-state index is 12.7. The van der Waals surface area contributed by atoms with Crippen molar-refractivity contribution in [2.45, 2.75) is 24.8 Å². The summed E-state index contributed by atoms with van der Waals surface area (Å²) in [6.45, 7) is 3.05. The summed E-state index contributed by atoms with van der Waals surface area (Å²) in [4.78, 5) is 12.3. The van der Waals surface area contributed by atoms with Crippen LogP contribution < -0.4 is 10.0 Å². The molecular formula is C20H20Cl2N4O3S. The Balaban J connectivity index is 1.65. The Kier molecular flexibility index (Phi) is 7.02. The van der Waals surface area contributed by atoms with E-state index in [-0.39, 0.29) is 21.4 Å². The lowest BCUT2D eigenvalue weighted by Gasteiger charge is -2.11. The van der Waals surface area contributed by atoms with Gasteiger partial charge in [0.05, 0.1) is 11.2 Å². The number of benzene rings is 2. The van der Waals surface area contributed by atoms with Crippen LogP contribution in [-0.2, 0) is 16.6 Å². The van der Waals surface area contributed by atoms with Crippen molar-refractivity contribution in [1.82, 2.24) is 15.1 Å². The fourth-order valence-corrected chi connectivity index (χ4v) is 4.42. The van der Waals surface area contributed by atoms with Crippen LogP contribution in [0.5, 0.6) is 0 Å². The van der Waals surface area contributed by atoms with Crippen LogP contribution in [0.3, 0.4) is 0 Å². The fraction of sp³-hybridized carbons (Fsp3) is 0.200. The van der Waals surface area contributed by atoms with Crippen molar-refractivity contribution >= 4 is 44.8 Å². The molecule has 0 unspecified atom stereocenters. The second-order valence-corrected chi connectivity index (χ2v) is 9.14. The average molecular weight is 467 g/mol. The van der Waals surface area contributed by atoms with Crippen LogP contribution in [0.25, 0.3) is 0 Å². The van der Waals surface area contributed by atoms with Gasteiger partial charge in [0.1, 0.15) is 4.90 Å². The molecule has 0 fully saturated rings. The van der Waals surface area contributed by atoms with Gasteiger partial charge in [-0.3, -0.25) is 14.2 Å². The molecule has 0 spiro atoms. The first-order chi connectivity index (χ1) is 14.2. The quantitative estimate of drug-likeness (QED) is 0.488. The number of rotatable bonds is 8. The maximum atomic E-state index is 12.7. The highest BCUT2D eigenvalue weighted by molar-refractivity contribution is 7.92. The Hall–Kier alpha value is -2.55. The summed E-state index contributed by atoms with van der Waals surface area (Å²) < 4.78 is 29.7. The SMILES string of the molecule is Cc1cnn(CCCNC(=O)c2ccc(Cl)c(S(=O)(=O)Nc3ccc(Cl)cc3)c2)c1. The van der Waals surface area contributed by atoms with Gasteiger partial charge >= 0.3 is 0 Å². The van der Waals surface area contributed by atoms with E-state index in [0.29, 0.717) is 30.2 Å². The van der Waals surface area contributed by atoms with Gasteiger partial charge in [-0.1, -0.05) is 23.2 Å². The summed E-state index contributed by atoms with van der Waals surface area (Å²) in [7, 11) is -3.99. The number of carbonyl (C=O) groups is 1. The summed E-state index contributed by atoms with van der Waals surface area (Å²) in [6, 6.07) is 10.3. The monoisotopic (exact) mass is 466 g/mol. The number of amides is 1. The van der Waals surface area contributed by atoms with Crippen molar-refractivity contribution in [2.75, 3.05) is 11.3 Å². The van der Waals surface area contributed by atoms with Crippen molar-refractivity contribution < 1.29 is 13.2 Å². The van der Waals surface area contributed by atoms with Gasteiger partial charge in [-0.15, -0.1) is 0 Å². The Morgan fingerprint density at radius 1 is 1.13 bits per heavy atom. The predicted molar refractivity (Wildman–Crippen MR) is 118 cm³/mol. The number of nitrogens with zero attached hydrogens (tertiary/aromatic N) is 2. The molecule has 10 heteroatoms. The summed E-state index contributed by atoms with van der Waals surface area (Å²) >= 11 is 11.9. The molecule has 0 aliphatic rings. The normalized spacial score (nSPS) is 11.3. The van der Waals surface area contributed by atoms with Gasteiger partial charge in [-0.2, -0.15) is 5.10 Å². The first-order valence-electron chi connectivity index (χ1n) is 9.10. The summed E-state index contributed by atoms with van der Waals surface area (Å²) in [5, 5.41) is 7.46. The van der Waals surface area contributed by atoms with Crippen molar-refractivity contribution in [3.63, 3.8) is 0 Å². The second-order valence-electron chi connectivity index (χ2n) is 6.65. The number of halogens is 2. The summed E-state index contributed by atoms with van der Waals surface area (Å²) in [5.74, 6) is -0.383. The van der Waals surface area contributed by atoms with Crippen LogP contribution in [0.15, 0.2) is 59.8 Å². The zero-order valence-corrected chi connectivity index (χ0v) is 18.4. The van der Waals surface area contributed by atoms with Crippen molar-refractivity contribution in [3.05, 3.63) is 76.0 Å². The minimum atomic E-state index is -3.99. The molecule has 30 heavy (non-hydrogen) atoms. The van der Waals surface area contributed by atoms with Crippen LogP contribution in [0, 0.1) is 6.92 Å². The second kappa shape index (κ2) is 9.51. The highest BCUT2D eigenvalue weighted by Crippen LogP contribution is 2.25. The fourth-order valence-electron chi connectivity index (χ4n) is 2.71. The number of hydrogen-bond acceptors (Lipinski definition) is 4. The minimum absolute atomic E-state index is 0.0158. The molecule has 1 amide bonds. The lowest BCUT2D eigenvalue weighted by Crippen LogP contribution is -2.25. The van der Waals surface area contributed by atoms with E-state index in [0.717, 1.165) is 5.56 Å². The molecule has 158 valence electrons. The molecule has 2 aromatic carbocycles. The van der Waals surface area contributed by atoms with Crippen molar-refractivity contribution in [3.8, 4) is 0 Å². The van der Waals surface area contributed by atoms with Gasteiger partial charge in [-0.05, 0) is 61.4 Å². The third kappa shape index (κ3) is 5.75. The highest BCUT2D eigenvalue weighted by atomic mass is 35.5. The molecule has 0 aliphatic carbocycles. The lowest BCUT2D eigenvalue weighted by molar-refractivity contribution is 0.0952. The van der Waals surface area contributed by atoms with E-state index in [4.69, 9.17) is 23.2 Å². The van der Waals surface area contributed by atoms with Crippen LogP contribution in [0.4, 0.5) is 5.69 Å². The Morgan fingerprint density at radius 3 is 2.53 bits per heavy atom. The predicted octanol–water partition coefficient (Wildman–Crippen LogP) is 4.12. The molecule has 0 saturated heterocycles. The largest absolute Gasteiger partial charge is 0.352 e. The molecule has 0 atom stereocenters. The molecule has 3 rings (SSSR count). The van der Waals surface area contributed by atoms with E-state index in [9.17, 15) is 13.2 Å². The third-order valence-corrected chi connectivity index (χ3v) is 6.31. The zero-order valence-electron chi connectivity index (χ0n) is 16.1. The van der Waals surface area contributed by atoms with E-state index >= 15 is 0 Å². The topological polar surface area (TPSA) is 93.1 Å². The Morgan fingerprint density at radius 2 is 1.87 bits per heavy atom. The molecule has 1 heterocycles. The molecule has 1 aromatic heterocycles. The molecule has 7 nitrogen and oxygen atoms in total. The van der Waals surface area contributed by atoms with E-state index in [1.54, 1.807) is 23.0 Å². The summed E-state index contributed by atoms with van der Waals surface area (Å²) in [5.41, 5.74) is 1.60.